The summed E-state index contributed by atoms with van der Waals surface area (Å²) >= 11 is 0. The Morgan fingerprint density at radius 2 is 1.38 bits per heavy atom. The average molecular weight is 334 g/mol. The largest absolute Gasteiger partial charge is 0.465 e. The van der Waals surface area contributed by atoms with Crippen molar-refractivity contribution in [1.82, 2.24) is 0 Å². The van der Waals surface area contributed by atoms with Crippen molar-refractivity contribution in [1.29, 1.82) is 0 Å². The molecule has 6 heteroatoms. The van der Waals surface area contributed by atoms with Crippen molar-refractivity contribution >= 4 is 24.0 Å². The van der Waals surface area contributed by atoms with Crippen LogP contribution in [0.25, 0.3) is 6.08 Å². The molecule has 0 atom stereocenters. The Morgan fingerprint density at radius 1 is 0.875 bits per heavy atom. The Morgan fingerprint density at radius 3 is 1.83 bits per heavy atom. The van der Waals surface area contributed by atoms with Crippen LogP contribution in [-0.4, -0.2) is 37.7 Å². The highest BCUT2D eigenvalue weighted by molar-refractivity contribution is 6.09. The van der Waals surface area contributed by atoms with E-state index in [2.05, 4.69) is 0 Å². The highest BCUT2D eigenvalue weighted by Crippen LogP contribution is 2.21. The normalized spacial score (nSPS) is 11.1. The van der Waals surface area contributed by atoms with Crippen LogP contribution in [0.2, 0.25) is 0 Å². The van der Waals surface area contributed by atoms with Crippen molar-refractivity contribution in [2.45, 2.75) is 20.8 Å². The quantitative estimate of drug-likeness (QED) is 0.314. The number of benzene rings is 1. The van der Waals surface area contributed by atoms with Crippen LogP contribution in [0.3, 0.4) is 0 Å². The molecule has 1 rings (SSSR count). The molecule has 6 nitrogen and oxygen atoms in total. The van der Waals surface area contributed by atoms with Crippen LogP contribution < -0.4 is 0 Å². The van der Waals surface area contributed by atoms with E-state index in [4.69, 9.17) is 14.2 Å². The van der Waals surface area contributed by atoms with Gasteiger partial charge in [-0.1, -0.05) is 30.3 Å². The molecule has 0 amide bonds. The van der Waals surface area contributed by atoms with Crippen LogP contribution in [0, 0.1) is 5.92 Å². The molecule has 0 radical (unpaired) electrons. The fourth-order valence-electron chi connectivity index (χ4n) is 2.00. The van der Waals surface area contributed by atoms with Gasteiger partial charge in [0, 0.05) is 0 Å². The summed E-state index contributed by atoms with van der Waals surface area (Å²) in [5, 5.41) is 0. The van der Waals surface area contributed by atoms with Crippen molar-refractivity contribution < 1.29 is 28.6 Å². The predicted molar refractivity (Wildman–Crippen MR) is 87.8 cm³/mol. The van der Waals surface area contributed by atoms with Crippen molar-refractivity contribution in [2.24, 2.45) is 5.92 Å². The van der Waals surface area contributed by atoms with Crippen molar-refractivity contribution in [3.63, 3.8) is 0 Å². The van der Waals surface area contributed by atoms with Gasteiger partial charge in [-0.2, -0.15) is 0 Å². The Hall–Kier alpha value is -2.63. The van der Waals surface area contributed by atoms with E-state index >= 15 is 0 Å². The fraction of sp³-hybridized carbons (Fsp3) is 0.389. The summed E-state index contributed by atoms with van der Waals surface area (Å²) in [7, 11) is 0. The lowest BCUT2D eigenvalue weighted by Gasteiger charge is -2.17. The molecule has 0 heterocycles. The number of carbonyl (C=O) groups excluding carboxylic acids is 3. The molecule has 0 aliphatic rings. The van der Waals surface area contributed by atoms with Gasteiger partial charge in [0.1, 0.15) is 0 Å². The third kappa shape index (κ3) is 5.53. The smallest absolute Gasteiger partial charge is 0.335 e. The van der Waals surface area contributed by atoms with Gasteiger partial charge in [0.05, 0.1) is 25.4 Å². The van der Waals surface area contributed by atoms with Crippen LogP contribution in [-0.2, 0) is 28.6 Å². The molecule has 0 aliphatic heterocycles. The second-order valence-electron chi connectivity index (χ2n) is 4.67. The van der Waals surface area contributed by atoms with Crippen molar-refractivity contribution in [3.05, 3.63) is 41.5 Å². The first kappa shape index (κ1) is 19.4. The number of rotatable bonds is 8. The van der Waals surface area contributed by atoms with Crippen LogP contribution in [0.15, 0.2) is 35.9 Å². The lowest BCUT2D eigenvalue weighted by molar-refractivity contribution is -0.161. The number of carbonyl (C=O) groups is 3. The number of hydrogen-bond acceptors (Lipinski definition) is 6. The number of esters is 3. The number of hydrogen-bond donors (Lipinski definition) is 0. The summed E-state index contributed by atoms with van der Waals surface area (Å²) in [5.74, 6) is -3.92. The van der Waals surface area contributed by atoms with E-state index in [1.807, 2.05) is 6.07 Å². The van der Waals surface area contributed by atoms with Crippen LogP contribution >= 0.6 is 0 Å². The molecule has 0 N–H and O–H groups in total. The van der Waals surface area contributed by atoms with E-state index in [0.29, 0.717) is 5.56 Å². The SMILES string of the molecule is CCOC(=O)/C(=C\c1ccccc1)C(C(=O)OCC)C(=O)OCC. The van der Waals surface area contributed by atoms with Crippen LogP contribution in [0.5, 0.6) is 0 Å². The zero-order valence-electron chi connectivity index (χ0n) is 14.1. The second-order valence-corrected chi connectivity index (χ2v) is 4.67. The average Bonchev–Trinajstić information content (AvgIpc) is 2.56. The minimum Gasteiger partial charge on any atom is -0.465 e. The Balaban J connectivity index is 3.33. The maximum atomic E-state index is 12.3. The lowest BCUT2D eigenvalue weighted by atomic mass is 9.96. The zero-order valence-corrected chi connectivity index (χ0v) is 14.1. The Labute approximate surface area is 141 Å². The highest BCUT2D eigenvalue weighted by atomic mass is 16.6. The molecule has 24 heavy (non-hydrogen) atoms. The molecule has 1 aromatic carbocycles. The summed E-state index contributed by atoms with van der Waals surface area (Å²) < 4.78 is 14.9. The zero-order chi connectivity index (χ0) is 17.9. The van der Waals surface area contributed by atoms with E-state index in [1.54, 1.807) is 45.0 Å². The van der Waals surface area contributed by atoms with E-state index < -0.39 is 23.8 Å². The molecule has 0 unspecified atom stereocenters. The van der Waals surface area contributed by atoms with E-state index in [1.165, 1.54) is 6.08 Å². The van der Waals surface area contributed by atoms with E-state index in [-0.39, 0.29) is 25.4 Å². The first-order valence-corrected chi connectivity index (χ1v) is 7.82. The van der Waals surface area contributed by atoms with Crippen molar-refractivity contribution in [2.75, 3.05) is 19.8 Å². The minimum absolute atomic E-state index is 0.0795. The van der Waals surface area contributed by atoms with Crippen molar-refractivity contribution in [3.8, 4) is 0 Å². The van der Waals surface area contributed by atoms with Gasteiger partial charge in [0.2, 0.25) is 0 Å². The third-order valence-corrected chi connectivity index (χ3v) is 2.99. The van der Waals surface area contributed by atoms with Gasteiger partial charge in [0.25, 0.3) is 0 Å². The first-order chi connectivity index (χ1) is 11.5. The topological polar surface area (TPSA) is 78.9 Å². The molecule has 0 saturated carbocycles. The van der Waals surface area contributed by atoms with Gasteiger partial charge < -0.3 is 14.2 Å². The molecule has 0 spiro atoms. The lowest BCUT2D eigenvalue weighted by Crippen LogP contribution is -2.33. The molecule has 0 saturated heterocycles. The Kier molecular flexibility index (Phi) is 8.25. The summed E-state index contributed by atoms with van der Waals surface area (Å²) in [6.07, 6.45) is 1.44. The van der Waals surface area contributed by atoms with E-state index in [0.717, 1.165) is 0 Å². The van der Waals surface area contributed by atoms with Gasteiger partial charge in [-0.3, -0.25) is 9.59 Å². The number of ether oxygens (including phenoxy) is 3. The van der Waals surface area contributed by atoms with Gasteiger partial charge in [0.15, 0.2) is 5.92 Å². The highest BCUT2D eigenvalue weighted by Gasteiger charge is 2.37. The second kappa shape index (κ2) is 10.2. The Bertz CT molecular complexity index is 573. The van der Waals surface area contributed by atoms with E-state index in [9.17, 15) is 14.4 Å². The molecular formula is C18H22O6. The molecule has 0 fully saturated rings. The molecule has 0 bridgehead atoms. The predicted octanol–water partition coefficient (Wildman–Crippen LogP) is 2.38. The minimum atomic E-state index is -1.48. The van der Waals surface area contributed by atoms with Gasteiger partial charge in [-0.25, -0.2) is 4.79 Å². The molecule has 0 aliphatic carbocycles. The summed E-state index contributed by atoms with van der Waals surface area (Å²) in [6, 6.07) is 8.85. The monoisotopic (exact) mass is 334 g/mol. The standard InChI is InChI=1S/C18H22O6/c1-4-22-16(19)14(12-13-10-8-7-9-11-13)15(17(20)23-5-2)18(21)24-6-3/h7-12,15H,4-6H2,1-3H3/b14-12-. The van der Waals surface area contributed by atoms with Gasteiger partial charge in [-0.05, 0) is 32.4 Å². The summed E-state index contributed by atoms with van der Waals surface area (Å²) in [5.41, 5.74) is 0.541. The first-order valence-electron chi connectivity index (χ1n) is 7.82. The molecule has 1 aromatic rings. The molecule has 0 aromatic heterocycles. The fourth-order valence-corrected chi connectivity index (χ4v) is 2.00. The molecular weight excluding hydrogens is 312 g/mol. The summed E-state index contributed by atoms with van der Waals surface area (Å²) in [4.78, 5) is 36.8. The van der Waals surface area contributed by atoms with Crippen LogP contribution in [0.1, 0.15) is 26.3 Å². The maximum absolute atomic E-state index is 12.3. The third-order valence-electron chi connectivity index (χ3n) is 2.99. The summed E-state index contributed by atoms with van der Waals surface area (Å²) in [6.45, 7) is 5.15. The van der Waals surface area contributed by atoms with Gasteiger partial charge in [-0.15, -0.1) is 0 Å². The molecule has 130 valence electrons. The maximum Gasteiger partial charge on any atom is 0.335 e. The van der Waals surface area contributed by atoms with Gasteiger partial charge >= 0.3 is 17.9 Å². The van der Waals surface area contributed by atoms with Crippen LogP contribution in [0.4, 0.5) is 0 Å².